The zero-order valence-electron chi connectivity index (χ0n) is 15.2. The minimum absolute atomic E-state index is 0.292. The van der Waals surface area contributed by atoms with Gasteiger partial charge in [0.05, 0.1) is 10.2 Å². The highest BCUT2D eigenvalue weighted by Gasteiger charge is 2.08. The highest BCUT2D eigenvalue weighted by molar-refractivity contribution is 7.17. The summed E-state index contributed by atoms with van der Waals surface area (Å²) in [5.74, 6) is 0.842. The molecule has 29 heavy (non-hydrogen) atoms. The molecule has 10 heteroatoms. The van der Waals surface area contributed by atoms with Gasteiger partial charge in [0.1, 0.15) is 12.1 Å². The summed E-state index contributed by atoms with van der Waals surface area (Å²) in [6.07, 6.45) is 4.12. The van der Waals surface area contributed by atoms with Crippen molar-refractivity contribution in [3.8, 4) is 0 Å². The molecule has 0 saturated heterocycles. The van der Waals surface area contributed by atoms with Crippen molar-refractivity contribution in [3.63, 3.8) is 0 Å². The van der Waals surface area contributed by atoms with Gasteiger partial charge in [0.15, 0.2) is 5.13 Å². The van der Waals surface area contributed by atoms with E-state index < -0.39 is 0 Å². The Morgan fingerprint density at radius 3 is 2.83 bits per heavy atom. The van der Waals surface area contributed by atoms with Gasteiger partial charge in [-0.15, -0.1) is 22.7 Å². The van der Waals surface area contributed by atoms with Crippen LogP contribution in [0, 0.1) is 0 Å². The topological polar surface area (TPSA) is 91.8 Å². The van der Waals surface area contributed by atoms with E-state index in [0.717, 1.165) is 32.9 Å². The van der Waals surface area contributed by atoms with Crippen molar-refractivity contribution in [1.29, 1.82) is 0 Å². The monoisotopic (exact) mass is 444 g/mol. The average molecular weight is 445 g/mol. The first kappa shape index (κ1) is 19.6. The van der Waals surface area contributed by atoms with Gasteiger partial charge in [-0.1, -0.05) is 23.7 Å². The molecule has 0 aliphatic heterocycles. The van der Waals surface area contributed by atoms with E-state index in [1.165, 1.54) is 11.3 Å². The van der Waals surface area contributed by atoms with Crippen LogP contribution in [0.2, 0.25) is 5.02 Å². The number of carbonyl (C=O) groups is 1. The van der Waals surface area contributed by atoms with Crippen LogP contribution in [-0.2, 0) is 13.0 Å². The Hall–Kier alpha value is -2.75. The van der Waals surface area contributed by atoms with Crippen LogP contribution < -0.4 is 16.0 Å². The van der Waals surface area contributed by atoms with Gasteiger partial charge in [-0.2, -0.15) is 0 Å². The second-order valence-electron chi connectivity index (χ2n) is 6.10. The molecule has 1 aromatic carbocycles. The second kappa shape index (κ2) is 9.17. The number of nitrogens with zero attached hydrogens (tertiary/aromatic N) is 3. The van der Waals surface area contributed by atoms with Gasteiger partial charge in [0.2, 0.25) is 0 Å². The Labute approximate surface area is 180 Å². The van der Waals surface area contributed by atoms with Crippen LogP contribution in [0.1, 0.15) is 10.4 Å². The van der Waals surface area contributed by atoms with E-state index in [1.54, 1.807) is 36.0 Å². The first-order valence-electron chi connectivity index (χ1n) is 8.83. The lowest BCUT2D eigenvalue weighted by atomic mass is 10.2. The molecule has 0 radical (unpaired) electrons. The van der Waals surface area contributed by atoms with E-state index in [-0.39, 0.29) is 6.03 Å². The predicted octanol–water partition coefficient (Wildman–Crippen LogP) is 4.78. The minimum atomic E-state index is -0.292. The molecule has 3 heterocycles. The van der Waals surface area contributed by atoms with Crippen LogP contribution in [0.15, 0.2) is 48.2 Å². The molecular formula is C19H17ClN6OS2. The van der Waals surface area contributed by atoms with Crippen molar-refractivity contribution in [2.75, 3.05) is 17.2 Å². The van der Waals surface area contributed by atoms with Crippen LogP contribution >= 0.6 is 34.3 Å². The summed E-state index contributed by atoms with van der Waals surface area (Å²) >= 11 is 8.93. The normalized spacial score (nSPS) is 10.8. The summed E-state index contributed by atoms with van der Waals surface area (Å²) in [7, 11) is 0. The standard InChI is InChI=1S/C19H17ClN6OS2/c20-13-3-1-12(2-4-13)9-22-18(27)26-19-23-10-14(29-19)5-7-21-17-16-15(6-8-28-16)24-11-25-17/h1-4,6,8,10-11H,5,7,9H2,(H,21,24,25)(H2,22,23,26,27). The van der Waals surface area contributed by atoms with Crippen LogP contribution in [-0.4, -0.2) is 27.5 Å². The third-order valence-electron chi connectivity index (χ3n) is 4.05. The smallest absolute Gasteiger partial charge is 0.321 e. The third kappa shape index (κ3) is 5.20. The molecule has 0 aliphatic carbocycles. The molecule has 0 spiro atoms. The molecule has 0 fully saturated rings. The lowest BCUT2D eigenvalue weighted by molar-refractivity contribution is 0.251. The van der Waals surface area contributed by atoms with Crippen molar-refractivity contribution in [1.82, 2.24) is 20.3 Å². The van der Waals surface area contributed by atoms with E-state index >= 15 is 0 Å². The fourth-order valence-electron chi connectivity index (χ4n) is 2.63. The fraction of sp³-hybridized carbons (Fsp3) is 0.158. The summed E-state index contributed by atoms with van der Waals surface area (Å²) in [5.41, 5.74) is 1.92. The molecule has 2 amide bonds. The van der Waals surface area contributed by atoms with E-state index in [1.807, 2.05) is 23.6 Å². The fourth-order valence-corrected chi connectivity index (χ4v) is 4.37. The molecule has 148 valence electrons. The molecule has 3 N–H and O–H groups in total. The number of fused-ring (bicyclic) bond motifs is 1. The zero-order valence-corrected chi connectivity index (χ0v) is 17.6. The minimum Gasteiger partial charge on any atom is -0.368 e. The summed E-state index contributed by atoms with van der Waals surface area (Å²) in [4.78, 5) is 25.9. The average Bonchev–Trinajstić information content (AvgIpc) is 3.37. The number of thiazole rings is 1. The number of benzene rings is 1. The zero-order chi connectivity index (χ0) is 20.1. The van der Waals surface area contributed by atoms with Gasteiger partial charge in [-0.05, 0) is 29.1 Å². The van der Waals surface area contributed by atoms with Crippen LogP contribution in [0.4, 0.5) is 15.7 Å². The number of nitrogens with one attached hydrogen (secondary N) is 3. The van der Waals surface area contributed by atoms with Crippen LogP contribution in [0.25, 0.3) is 10.2 Å². The molecule has 0 saturated carbocycles. The van der Waals surface area contributed by atoms with Crippen molar-refractivity contribution in [2.24, 2.45) is 0 Å². The van der Waals surface area contributed by atoms with Gasteiger partial charge in [0.25, 0.3) is 0 Å². The number of amides is 2. The quantitative estimate of drug-likeness (QED) is 0.381. The molecule has 3 aromatic heterocycles. The number of carbonyl (C=O) groups excluding carboxylic acids is 1. The number of halogens is 1. The van der Waals surface area contributed by atoms with E-state index in [4.69, 9.17) is 11.6 Å². The summed E-state index contributed by atoms with van der Waals surface area (Å²) in [6, 6.07) is 9.02. The SMILES string of the molecule is O=C(NCc1ccc(Cl)cc1)Nc1ncc(CCNc2ncnc3ccsc23)s1. The lowest BCUT2D eigenvalue weighted by Gasteiger charge is -2.06. The number of hydrogen-bond acceptors (Lipinski definition) is 7. The number of urea groups is 1. The maximum Gasteiger partial charge on any atom is 0.321 e. The number of anilines is 2. The van der Waals surface area contributed by atoms with Crippen LogP contribution in [0.3, 0.4) is 0 Å². The first-order chi connectivity index (χ1) is 14.2. The summed E-state index contributed by atoms with van der Waals surface area (Å²) in [6.45, 7) is 1.13. The predicted molar refractivity (Wildman–Crippen MR) is 119 cm³/mol. The van der Waals surface area contributed by atoms with Crippen molar-refractivity contribution < 1.29 is 4.79 Å². The number of aromatic nitrogens is 3. The molecular weight excluding hydrogens is 428 g/mol. The van der Waals surface area contributed by atoms with Gasteiger partial charge in [0, 0.05) is 35.6 Å². The van der Waals surface area contributed by atoms with Gasteiger partial charge in [-0.25, -0.2) is 19.7 Å². The Kier molecular flexibility index (Phi) is 6.18. The highest BCUT2D eigenvalue weighted by atomic mass is 35.5. The number of thiophene rings is 1. The molecule has 0 unspecified atom stereocenters. The lowest BCUT2D eigenvalue weighted by Crippen LogP contribution is -2.28. The van der Waals surface area contributed by atoms with Crippen molar-refractivity contribution >= 4 is 61.5 Å². The molecule has 7 nitrogen and oxygen atoms in total. The van der Waals surface area contributed by atoms with Gasteiger partial charge < -0.3 is 10.6 Å². The Bertz CT molecular complexity index is 1110. The van der Waals surface area contributed by atoms with E-state index in [9.17, 15) is 4.79 Å². The van der Waals surface area contributed by atoms with E-state index in [0.29, 0.717) is 23.2 Å². The molecule has 4 rings (SSSR count). The maximum absolute atomic E-state index is 12.1. The summed E-state index contributed by atoms with van der Waals surface area (Å²) < 4.78 is 1.05. The Morgan fingerprint density at radius 2 is 1.97 bits per heavy atom. The number of rotatable bonds is 7. The Morgan fingerprint density at radius 1 is 1.10 bits per heavy atom. The second-order valence-corrected chi connectivity index (χ2v) is 8.57. The van der Waals surface area contributed by atoms with Crippen molar-refractivity contribution in [2.45, 2.75) is 13.0 Å². The van der Waals surface area contributed by atoms with Gasteiger partial charge >= 0.3 is 6.03 Å². The van der Waals surface area contributed by atoms with Crippen LogP contribution in [0.5, 0.6) is 0 Å². The molecule has 0 aliphatic rings. The molecule has 0 atom stereocenters. The first-order valence-corrected chi connectivity index (χ1v) is 10.9. The largest absolute Gasteiger partial charge is 0.368 e. The van der Waals surface area contributed by atoms with Crippen molar-refractivity contribution in [3.05, 3.63) is 63.7 Å². The third-order valence-corrected chi connectivity index (χ3v) is 6.18. The molecule has 4 aromatic rings. The van der Waals surface area contributed by atoms with Gasteiger partial charge in [-0.3, -0.25) is 5.32 Å². The van der Waals surface area contributed by atoms with E-state index in [2.05, 4.69) is 30.9 Å². The number of hydrogen-bond donors (Lipinski definition) is 3. The highest BCUT2D eigenvalue weighted by Crippen LogP contribution is 2.25. The Balaban J connectivity index is 1.24. The summed E-state index contributed by atoms with van der Waals surface area (Å²) in [5, 5.41) is 12.2. The molecule has 0 bridgehead atoms. The maximum atomic E-state index is 12.1.